The van der Waals surface area contributed by atoms with Gasteiger partial charge in [-0.25, -0.2) is 8.78 Å². The van der Waals surface area contributed by atoms with Gasteiger partial charge in [-0.2, -0.15) is 0 Å². The molecule has 0 atom stereocenters. The molecule has 3 heteroatoms. The predicted octanol–water partition coefficient (Wildman–Crippen LogP) is 5.57. The Kier molecular flexibility index (Phi) is 4.14. The first kappa shape index (κ1) is 15.0. The van der Waals surface area contributed by atoms with Gasteiger partial charge in [0.15, 0.2) is 11.6 Å². The van der Waals surface area contributed by atoms with Crippen LogP contribution >= 0.6 is 0 Å². The molecule has 116 valence electrons. The van der Waals surface area contributed by atoms with Gasteiger partial charge in [0.25, 0.3) is 0 Å². The minimum Gasteiger partial charge on any atom is -0.485 e. The zero-order chi connectivity index (χ0) is 15.7. The summed E-state index contributed by atoms with van der Waals surface area (Å²) in [6.07, 6.45) is 3.88. The monoisotopic (exact) mass is 302 g/mol. The van der Waals surface area contributed by atoms with Crippen LogP contribution in [0.2, 0.25) is 0 Å². The molecule has 0 aliphatic carbocycles. The SMILES string of the molecule is CCCCCc1ccc2c(c1F)OCc1c-2ccc(C)c1F. The molecule has 0 saturated heterocycles. The van der Waals surface area contributed by atoms with Crippen LogP contribution in [-0.2, 0) is 13.0 Å². The summed E-state index contributed by atoms with van der Waals surface area (Å²) in [6.45, 7) is 3.94. The molecule has 1 aliphatic rings. The lowest BCUT2D eigenvalue weighted by Crippen LogP contribution is -2.11. The smallest absolute Gasteiger partial charge is 0.168 e. The summed E-state index contributed by atoms with van der Waals surface area (Å²) in [5, 5.41) is 0. The zero-order valence-electron chi connectivity index (χ0n) is 13.0. The molecule has 2 aromatic carbocycles. The minimum absolute atomic E-state index is 0.0885. The van der Waals surface area contributed by atoms with Crippen LogP contribution in [0, 0.1) is 18.6 Å². The standard InChI is InChI=1S/C19H20F2O/c1-3-4-5-6-13-8-10-15-14-9-7-12(2)17(20)16(14)11-22-19(15)18(13)21/h7-10H,3-6,11H2,1-2H3. The molecule has 1 nitrogen and oxygen atoms in total. The summed E-state index contributed by atoms with van der Waals surface area (Å²) in [5.41, 5.74) is 3.18. The first-order valence-corrected chi connectivity index (χ1v) is 7.86. The fraction of sp³-hybridized carbons (Fsp3) is 0.368. The summed E-state index contributed by atoms with van der Waals surface area (Å²) in [4.78, 5) is 0. The van der Waals surface area contributed by atoms with Gasteiger partial charge in [-0.1, -0.05) is 44.0 Å². The Morgan fingerprint density at radius 1 is 1.00 bits per heavy atom. The number of halogens is 2. The zero-order valence-corrected chi connectivity index (χ0v) is 13.0. The number of aryl methyl sites for hydroxylation is 2. The average Bonchev–Trinajstić information content (AvgIpc) is 2.53. The van der Waals surface area contributed by atoms with E-state index < -0.39 is 0 Å². The normalized spacial score (nSPS) is 12.5. The molecule has 0 radical (unpaired) electrons. The molecule has 1 heterocycles. The fourth-order valence-corrected chi connectivity index (χ4v) is 2.98. The van der Waals surface area contributed by atoms with Crippen LogP contribution in [0.4, 0.5) is 8.78 Å². The van der Waals surface area contributed by atoms with Gasteiger partial charge in [-0.15, -0.1) is 0 Å². The van der Waals surface area contributed by atoms with Crippen LogP contribution in [0.1, 0.15) is 42.9 Å². The maximum absolute atomic E-state index is 14.6. The van der Waals surface area contributed by atoms with Crippen molar-refractivity contribution < 1.29 is 13.5 Å². The van der Waals surface area contributed by atoms with Gasteiger partial charge >= 0.3 is 0 Å². The van der Waals surface area contributed by atoms with Gasteiger partial charge in [0.1, 0.15) is 12.4 Å². The van der Waals surface area contributed by atoms with E-state index in [-0.39, 0.29) is 24.0 Å². The van der Waals surface area contributed by atoms with Crippen molar-refractivity contribution >= 4 is 0 Å². The second-order valence-corrected chi connectivity index (χ2v) is 5.88. The van der Waals surface area contributed by atoms with Crippen LogP contribution in [0.15, 0.2) is 24.3 Å². The van der Waals surface area contributed by atoms with E-state index in [1.54, 1.807) is 19.1 Å². The van der Waals surface area contributed by atoms with Gasteiger partial charge in [-0.3, -0.25) is 0 Å². The van der Waals surface area contributed by atoms with Gasteiger partial charge in [0.05, 0.1) is 0 Å². The van der Waals surface area contributed by atoms with Gasteiger partial charge in [0.2, 0.25) is 0 Å². The summed E-state index contributed by atoms with van der Waals surface area (Å²) in [5.74, 6) is -0.277. The predicted molar refractivity (Wildman–Crippen MR) is 84.1 cm³/mol. The maximum Gasteiger partial charge on any atom is 0.168 e. The second-order valence-electron chi connectivity index (χ2n) is 5.88. The third kappa shape index (κ3) is 2.49. The van der Waals surface area contributed by atoms with Crippen LogP contribution in [0.5, 0.6) is 5.75 Å². The number of fused-ring (bicyclic) bond motifs is 3. The summed E-state index contributed by atoms with van der Waals surface area (Å²) in [7, 11) is 0. The van der Waals surface area contributed by atoms with Crippen LogP contribution in [0.3, 0.4) is 0 Å². The van der Waals surface area contributed by atoms with Gasteiger partial charge in [-0.05, 0) is 36.5 Å². The van der Waals surface area contributed by atoms with E-state index >= 15 is 0 Å². The van der Waals surface area contributed by atoms with E-state index in [1.807, 2.05) is 12.1 Å². The lowest BCUT2D eigenvalue weighted by Gasteiger charge is -2.23. The Morgan fingerprint density at radius 2 is 1.77 bits per heavy atom. The molecular formula is C19H20F2O. The number of hydrogen-bond donors (Lipinski definition) is 0. The first-order chi connectivity index (χ1) is 10.6. The van der Waals surface area contributed by atoms with E-state index in [0.29, 0.717) is 28.7 Å². The molecule has 0 amide bonds. The van der Waals surface area contributed by atoms with E-state index in [2.05, 4.69) is 6.92 Å². The summed E-state index contributed by atoms with van der Waals surface area (Å²) >= 11 is 0. The van der Waals surface area contributed by atoms with Crippen molar-refractivity contribution in [1.29, 1.82) is 0 Å². The minimum atomic E-state index is -0.291. The largest absolute Gasteiger partial charge is 0.485 e. The maximum atomic E-state index is 14.6. The van der Waals surface area contributed by atoms with E-state index in [0.717, 1.165) is 24.8 Å². The first-order valence-electron chi connectivity index (χ1n) is 7.86. The molecule has 22 heavy (non-hydrogen) atoms. The van der Waals surface area contributed by atoms with Gasteiger partial charge < -0.3 is 4.74 Å². The average molecular weight is 302 g/mol. The summed E-state index contributed by atoms with van der Waals surface area (Å²) in [6, 6.07) is 7.24. The highest BCUT2D eigenvalue weighted by molar-refractivity contribution is 5.76. The van der Waals surface area contributed by atoms with Crippen molar-refractivity contribution in [3.05, 3.63) is 52.6 Å². The van der Waals surface area contributed by atoms with E-state index in [1.165, 1.54) is 0 Å². The van der Waals surface area contributed by atoms with E-state index in [9.17, 15) is 8.78 Å². The Labute approximate surface area is 129 Å². The Hall–Kier alpha value is -1.90. The van der Waals surface area contributed by atoms with Crippen molar-refractivity contribution in [2.45, 2.75) is 46.1 Å². The molecule has 0 bridgehead atoms. The van der Waals surface area contributed by atoms with Crippen molar-refractivity contribution in [1.82, 2.24) is 0 Å². The molecule has 1 aliphatic heterocycles. The van der Waals surface area contributed by atoms with Crippen molar-refractivity contribution in [3.8, 4) is 16.9 Å². The molecule has 0 fully saturated rings. The fourth-order valence-electron chi connectivity index (χ4n) is 2.98. The molecule has 0 spiro atoms. The number of ether oxygens (including phenoxy) is 1. The molecular weight excluding hydrogens is 282 g/mol. The second kappa shape index (κ2) is 6.07. The lowest BCUT2D eigenvalue weighted by atomic mass is 9.93. The van der Waals surface area contributed by atoms with E-state index in [4.69, 9.17) is 4.74 Å². The van der Waals surface area contributed by atoms with Crippen LogP contribution in [-0.4, -0.2) is 0 Å². The number of benzene rings is 2. The number of hydrogen-bond acceptors (Lipinski definition) is 1. The molecule has 0 aromatic heterocycles. The quantitative estimate of drug-likeness (QED) is 0.671. The Bertz CT molecular complexity index is 707. The highest BCUT2D eigenvalue weighted by Crippen LogP contribution is 2.41. The van der Waals surface area contributed by atoms with Crippen molar-refractivity contribution in [3.63, 3.8) is 0 Å². The Balaban J connectivity index is 2.01. The van der Waals surface area contributed by atoms with Crippen molar-refractivity contribution in [2.75, 3.05) is 0 Å². The topological polar surface area (TPSA) is 9.23 Å². The molecule has 2 aromatic rings. The highest BCUT2D eigenvalue weighted by Gasteiger charge is 2.25. The lowest BCUT2D eigenvalue weighted by molar-refractivity contribution is 0.279. The van der Waals surface area contributed by atoms with Crippen LogP contribution < -0.4 is 4.74 Å². The summed E-state index contributed by atoms with van der Waals surface area (Å²) < 4.78 is 34.4. The molecule has 0 saturated carbocycles. The number of unbranched alkanes of at least 4 members (excludes halogenated alkanes) is 2. The Morgan fingerprint density at radius 3 is 2.55 bits per heavy atom. The third-order valence-electron chi connectivity index (χ3n) is 4.31. The highest BCUT2D eigenvalue weighted by atomic mass is 19.1. The third-order valence-corrected chi connectivity index (χ3v) is 4.31. The molecule has 3 rings (SSSR count). The molecule has 0 unspecified atom stereocenters. The number of rotatable bonds is 4. The molecule has 0 N–H and O–H groups in total. The van der Waals surface area contributed by atoms with Crippen LogP contribution in [0.25, 0.3) is 11.1 Å². The van der Waals surface area contributed by atoms with Crippen molar-refractivity contribution in [2.24, 2.45) is 0 Å². The van der Waals surface area contributed by atoms with Gasteiger partial charge in [0, 0.05) is 11.1 Å².